The van der Waals surface area contributed by atoms with Crippen LogP contribution in [0.5, 0.6) is 0 Å². The molecule has 1 N–H and O–H groups in total. The zero-order chi connectivity index (χ0) is 17.4. The van der Waals surface area contributed by atoms with Crippen LogP contribution in [0.1, 0.15) is 39.0 Å². The van der Waals surface area contributed by atoms with Crippen molar-refractivity contribution in [1.29, 1.82) is 0 Å². The Morgan fingerprint density at radius 3 is 1.86 bits per heavy atom. The number of rotatable bonds is 4. The van der Waals surface area contributed by atoms with Crippen LogP contribution in [0.2, 0.25) is 0 Å². The Morgan fingerprint density at radius 2 is 1.55 bits per heavy atom. The molecule has 0 aromatic rings. The number of halogens is 6. The van der Waals surface area contributed by atoms with Gasteiger partial charge in [-0.2, -0.15) is 26.3 Å². The molecule has 0 amide bonds. The lowest BCUT2D eigenvalue weighted by Gasteiger charge is -2.39. The van der Waals surface area contributed by atoms with Gasteiger partial charge in [0.25, 0.3) is 5.60 Å². The molecule has 0 spiro atoms. The lowest BCUT2D eigenvalue weighted by Crippen LogP contribution is -2.60. The number of carbonyl (C=O) groups is 1. The molecule has 0 bridgehead atoms. The third-order valence-corrected chi connectivity index (χ3v) is 3.69. The predicted octanol–water partition coefficient (Wildman–Crippen LogP) is 3.66. The fourth-order valence-electron chi connectivity index (χ4n) is 2.45. The molecule has 1 aliphatic carbocycles. The molecule has 0 aliphatic heterocycles. The maximum Gasteiger partial charge on any atom is 0.426 e. The SMILES string of the molecule is C=C(C)C(=O)OC1(CC(O)(C(F)(F)F)C(F)(F)F)CCCC1. The summed E-state index contributed by atoms with van der Waals surface area (Å²) in [5.74, 6) is -1.08. The Balaban J connectivity index is 3.17. The van der Waals surface area contributed by atoms with Crippen molar-refractivity contribution in [2.75, 3.05) is 0 Å². The van der Waals surface area contributed by atoms with Crippen molar-refractivity contribution < 1.29 is 41.0 Å². The number of ether oxygens (including phenoxy) is 1. The lowest BCUT2D eigenvalue weighted by molar-refractivity contribution is -0.378. The Morgan fingerprint density at radius 1 is 1.14 bits per heavy atom. The molecule has 3 nitrogen and oxygen atoms in total. The van der Waals surface area contributed by atoms with Gasteiger partial charge in [0.05, 0.1) is 0 Å². The summed E-state index contributed by atoms with van der Waals surface area (Å²) in [5, 5.41) is 9.30. The molecule has 0 radical (unpaired) electrons. The van der Waals surface area contributed by atoms with Gasteiger partial charge in [-0.3, -0.25) is 0 Å². The number of esters is 1. The van der Waals surface area contributed by atoms with Gasteiger partial charge < -0.3 is 9.84 Å². The third-order valence-electron chi connectivity index (χ3n) is 3.69. The molecule has 1 aliphatic rings. The molecule has 22 heavy (non-hydrogen) atoms. The first-order chi connectivity index (χ1) is 9.74. The minimum atomic E-state index is -5.93. The van der Waals surface area contributed by atoms with Crippen molar-refractivity contribution in [3.8, 4) is 0 Å². The zero-order valence-corrected chi connectivity index (χ0v) is 11.8. The number of hydrogen-bond acceptors (Lipinski definition) is 3. The van der Waals surface area contributed by atoms with Crippen LogP contribution in [0, 0.1) is 0 Å². The van der Waals surface area contributed by atoms with Crippen LogP contribution >= 0.6 is 0 Å². The minimum Gasteiger partial charge on any atom is -0.456 e. The summed E-state index contributed by atoms with van der Waals surface area (Å²) in [6, 6.07) is 0. The minimum absolute atomic E-state index is 0.145. The topological polar surface area (TPSA) is 46.5 Å². The van der Waals surface area contributed by atoms with Crippen molar-refractivity contribution in [2.45, 2.75) is 62.6 Å². The van der Waals surface area contributed by atoms with E-state index < -0.39 is 35.9 Å². The summed E-state index contributed by atoms with van der Waals surface area (Å²) in [6.45, 7) is 4.47. The lowest BCUT2D eigenvalue weighted by atomic mass is 9.84. The molecule has 9 heteroatoms. The summed E-state index contributed by atoms with van der Waals surface area (Å²) >= 11 is 0. The van der Waals surface area contributed by atoms with E-state index in [1.165, 1.54) is 6.92 Å². The normalized spacial score (nSPS) is 19.1. The zero-order valence-electron chi connectivity index (χ0n) is 11.8. The van der Waals surface area contributed by atoms with Gasteiger partial charge in [0.15, 0.2) is 0 Å². The van der Waals surface area contributed by atoms with Crippen LogP contribution < -0.4 is 0 Å². The van der Waals surface area contributed by atoms with E-state index in [0.717, 1.165) is 0 Å². The molecule has 0 aromatic heterocycles. The number of carbonyl (C=O) groups excluding carboxylic acids is 1. The second-order valence-electron chi connectivity index (χ2n) is 5.59. The maximum atomic E-state index is 12.8. The van der Waals surface area contributed by atoms with Gasteiger partial charge in [0, 0.05) is 12.0 Å². The first kappa shape index (κ1) is 18.8. The van der Waals surface area contributed by atoms with Crippen LogP contribution in [0.3, 0.4) is 0 Å². The van der Waals surface area contributed by atoms with E-state index in [2.05, 4.69) is 6.58 Å². The Labute approximate surface area is 122 Å². The van der Waals surface area contributed by atoms with E-state index >= 15 is 0 Å². The third kappa shape index (κ3) is 3.56. The fourth-order valence-corrected chi connectivity index (χ4v) is 2.45. The van der Waals surface area contributed by atoms with E-state index in [0.29, 0.717) is 12.8 Å². The van der Waals surface area contributed by atoms with E-state index in [1.54, 1.807) is 0 Å². The van der Waals surface area contributed by atoms with Gasteiger partial charge >= 0.3 is 18.3 Å². The van der Waals surface area contributed by atoms with Gasteiger partial charge in [-0.15, -0.1) is 0 Å². The Kier molecular flexibility index (Phi) is 4.91. The number of aliphatic hydroxyl groups is 1. The summed E-state index contributed by atoms with van der Waals surface area (Å²) < 4.78 is 81.6. The molecule has 0 aromatic carbocycles. The molecule has 1 rings (SSSR count). The number of hydrogen-bond donors (Lipinski definition) is 1. The van der Waals surface area contributed by atoms with E-state index in [-0.39, 0.29) is 18.4 Å². The quantitative estimate of drug-likeness (QED) is 0.485. The van der Waals surface area contributed by atoms with E-state index in [1.807, 2.05) is 0 Å². The molecule has 0 atom stereocenters. The summed E-state index contributed by atoms with van der Waals surface area (Å²) in [7, 11) is 0. The molecular formula is C13H16F6O3. The molecule has 0 unspecified atom stereocenters. The van der Waals surface area contributed by atoms with Crippen molar-refractivity contribution in [2.24, 2.45) is 0 Å². The van der Waals surface area contributed by atoms with E-state index in [9.17, 15) is 36.2 Å². The smallest absolute Gasteiger partial charge is 0.426 e. The van der Waals surface area contributed by atoms with Gasteiger partial charge in [0.1, 0.15) is 5.60 Å². The molecule has 0 saturated heterocycles. The standard InChI is InChI=1S/C13H16F6O3/c1-8(2)9(20)22-10(5-3-4-6-10)7-11(21,12(14,15)16)13(17,18)19/h21H,1,3-7H2,2H3. The maximum absolute atomic E-state index is 12.8. The summed E-state index contributed by atoms with van der Waals surface area (Å²) in [4.78, 5) is 11.5. The van der Waals surface area contributed by atoms with Crippen LogP contribution in [0.25, 0.3) is 0 Å². The largest absolute Gasteiger partial charge is 0.456 e. The highest BCUT2D eigenvalue weighted by atomic mass is 19.4. The Hall–Kier alpha value is -1.25. The first-order valence-electron chi connectivity index (χ1n) is 6.49. The second kappa shape index (κ2) is 5.75. The second-order valence-corrected chi connectivity index (χ2v) is 5.59. The van der Waals surface area contributed by atoms with Crippen LogP contribution in [-0.2, 0) is 9.53 Å². The highest BCUT2D eigenvalue weighted by Gasteiger charge is 2.72. The van der Waals surface area contributed by atoms with Crippen molar-refractivity contribution in [3.63, 3.8) is 0 Å². The summed E-state index contributed by atoms with van der Waals surface area (Å²) in [5.41, 5.74) is -7.08. The van der Waals surface area contributed by atoms with Crippen molar-refractivity contribution in [1.82, 2.24) is 0 Å². The number of alkyl halides is 6. The fraction of sp³-hybridized carbons (Fsp3) is 0.769. The highest BCUT2D eigenvalue weighted by molar-refractivity contribution is 5.87. The predicted molar refractivity (Wildman–Crippen MR) is 63.8 cm³/mol. The van der Waals surface area contributed by atoms with Gasteiger partial charge in [-0.25, -0.2) is 4.79 Å². The van der Waals surface area contributed by atoms with Crippen molar-refractivity contribution in [3.05, 3.63) is 12.2 Å². The van der Waals surface area contributed by atoms with E-state index in [4.69, 9.17) is 4.74 Å². The van der Waals surface area contributed by atoms with Gasteiger partial charge in [-0.05, 0) is 32.6 Å². The van der Waals surface area contributed by atoms with Crippen LogP contribution in [0.4, 0.5) is 26.3 Å². The Bertz CT molecular complexity index is 432. The van der Waals surface area contributed by atoms with Gasteiger partial charge in [0.2, 0.25) is 0 Å². The molecule has 1 saturated carbocycles. The molecular weight excluding hydrogens is 318 g/mol. The highest BCUT2D eigenvalue weighted by Crippen LogP contribution is 2.51. The van der Waals surface area contributed by atoms with Crippen LogP contribution in [0.15, 0.2) is 12.2 Å². The van der Waals surface area contributed by atoms with Crippen molar-refractivity contribution >= 4 is 5.97 Å². The average Bonchev–Trinajstić information content (AvgIpc) is 2.74. The molecule has 1 fully saturated rings. The first-order valence-corrected chi connectivity index (χ1v) is 6.49. The van der Waals surface area contributed by atoms with Crippen LogP contribution in [-0.4, -0.2) is 34.6 Å². The summed E-state index contributed by atoms with van der Waals surface area (Å²) in [6.07, 6.45) is -13.4. The monoisotopic (exact) mass is 334 g/mol. The average molecular weight is 334 g/mol. The molecule has 128 valence electrons. The molecule has 0 heterocycles. The van der Waals surface area contributed by atoms with Gasteiger partial charge in [-0.1, -0.05) is 6.58 Å².